The molecule has 5 rings (SSSR count). The normalized spacial score (nSPS) is 21.8. The van der Waals surface area contributed by atoms with E-state index in [2.05, 4.69) is 124 Å². The molecule has 0 aromatic heterocycles. The average Bonchev–Trinajstić information content (AvgIpc) is 3.27. The Balaban J connectivity index is 0.000000449. The zero-order chi connectivity index (χ0) is 26.1. The Morgan fingerprint density at radius 2 is 1.35 bits per heavy atom. The fourth-order valence-corrected chi connectivity index (χ4v) is 5.73. The van der Waals surface area contributed by atoms with Gasteiger partial charge in [0.2, 0.25) is 0 Å². The second-order valence-corrected chi connectivity index (χ2v) is 11.7. The van der Waals surface area contributed by atoms with E-state index in [0.717, 1.165) is 0 Å². The Labute approximate surface area is 246 Å². The van der Waals surface area contributed by atoms with Gasteiger partial charge < -0.3 is 14.9 Å². The van der Waals surface area contributed by atoms with Gasteiger partial charge in [-0.2, -0.15) is 28.9 Å². The summed E-state index contributed by atoms with van der Waals surface area (Å²) in [5.74, 6) is 0.928. The summed E-state index contributed by atoms with van der Waals surface area (Å²) in [4.78, 5) is 0. The van der Waals surface area contributed by atoms with Gasteiger partial charge in [0.15, 0.2) is 0 Å². The van der Waals surface area contributed by atoms with Crippen molar-refractivity contribution in [2.45, 2.75) is 91.9 Å². The fourth-order valence-electron chi connectivity index (χ4n) is 5.73. The van der Waals surface area contributed by atoms with Crippen molar-refractivity contribution in [1.82, 2.24) is 0 Å². The molecule has 0 saturated carbocycles. The number of hydrogen-bond donors (Lipinski definition) is 0. The predicted octanol–water partition coefficient (Wildman–Crippen LogP) is 9.52. The third-order valence-electron chi connectivity index (χ3n) is 8.47. The molecule has 3 aliphatic rings. The Hall–Kier alpha value is -1.24. The molecule has 0 saturated heterocycles. The SMILES string of the molecule is CC1=[C-]C(C)C(C)=C1C.CC1=[C-]c2cc3c(cc2C1c1ccccc1)C(C)(C)CCC3(C)C.[CH3-].[CH3-].[Si]=[Zr]. The summed E-state index contributed by atoms with van der Waals surface area (Å²) in [6.07, 6.45) is 9.56. The van der Waals surface area contributed by atoms with Gasteiger partial charge in [0.05, 0.1) is 0 Å². The van der Waals surface area contributed by atoms with Gasteiger partial charge in [-0.25, -0.2) is 5.57 Å². The number of hydrogen-bond acceptors (Lipinski definition) is 0. The van der Waals surface area contributed by atoms with Gasteiger partial charge in [-0.15, -0.1) is 24.1 Å². The summed E-state index contributed by atoms with van der Waals surface area (Å²) < 4.78 is 0. The molecule has 0 amide bonds. The third kappa shape index (κ3) is 6.86. The van der Waals surface area contributed by atoms with E-state index in [0.29, 0.717) is 11.8 Å². The monoisotopic (exact) mass is 584 g/mol. The van der Waals surface area contributed by atoms with Crippen molar-refractivity contribution in [2.24, 2.45) is 5.92 Å². The van der Waals surface area contributed by atoms with E-state index in [1.807, 2.05) is 0 Å². The summed E-state index contributed by atoms with van der Waals surface area (Å²) in [6, 6.07) is 15.8. The second kappa shape index (κ2) is 13.2. The molecule has 37 heavy (non-hydrogen) atoms. The van der Waals surface area contributed by atoms with E-state index >= 15 is 0 Å². The van der Waals surface area contributed by atoms with Crippen LogP contribution in [0.1, 0.15) is 109 Å². The van der Waals surface area contributed by atoms with Crippen molar-refractivity contribution < 1.29 is 23.3 Å². The van der Waals surface area contributed by atoms with Crippen molar-refractivity contribution in [2.75, 3.05) is 0 Å². The molecule has 0 spiro atoms. The molecule has 0 bridgehead atoms. The summed E-state index contributed by atoms with van der Waals surface area (Å²) in [7, 11) is 0. The van der Waals surface area contributed by atoms with Crippen molar-refractivity contribution in [3.8, 4) is 0 Å². The van der Waals surface area contributed by atoms with Crippen molar-refractivity contribution in [3.05, 3.63) is 120 Å². The van der Waals surface area contributed by atoms with Crippen LogP contribution in [0.5, 0.6) is 0 Å². The first kappa shape index (κ1) is 33.8. The first-order chi connectivity index (χ1) is 16.4. The molecule has 0 N–H and O–H groups in total. The number of benzene rings is 2. The maximum atomic E-state index is 3.68. The standard InChI is InChI=1S/C24H27.C9H13.2CH3.Si.Zr/c1-16-13-18-14-20-21(24(4,5)12-11-23(20,2)3)15-19(18)22(16)17-9-7-6-8-10-17;1-6-5-7(2)9(4)8(6)3;;;;/h6-10,14-15,22H,11-12H2,1-5H3;6H,1-4H3;2*1H3;;/q4*-1;;. The van der Waals surface area contributed by atoms with Gasteiger partial charge in [-0.05, 0) is 35.2 Å². The minimum atomic E-state index is 0. The maximum absolute atomic E-state index is 3.68. The Morgan fingerprint density at radius 3 is 1.78 bits per heavy atom. The molecule has 2 unspecified atom stereocenters. The van der Waals surface area contributed by atoms with Crippen LogP contribution >= 0.6 is 0 Å². The van der Waals surface area contributed by atoms with E-state index in [9.17, 15) is 0 Å². The molecular weight excluding hydrogens is 540 g/mol. The summed E-state index contributed by atoms with van der Waals surface area (Å²) >= 11 is 1.36. The molecule has 198 valence electrons. The van der Waals surface area contributed by atoms with E-state index in [4.69, 9.17) is 0 Å². The molecule has 2 radical (unpaired) electrons. The summed E-state index contributed by atoms with van der Waals surface area (Å²) in [5.41, 5.74) is 13.3. The van der Waals surface area contributed by atoms with E-state index < -0.39 is 0 Å². The first-order valence-corrected chi connectivity index (χ1v) is 17.0. The van der Waals surface area contributed by atoms with Crippen LogP contribution in [0.2, 0.25) is 0 Å². The van der Waals surface area contributed by atoms with Crippen LogP contribution in [-0.2, 0) is 34.2 Å². The quantitative estimate of drug-likeness (QED) is 0.231. The third-order valence-corrected chi connectivity index (χ3v) is 8.47. The average molecular weight is 586 g/mol. The van der Waals surface area contributed by atoms with Gasteiger partial charge in [-0.1, -0.05) is 103 Å². The molecule has 2 aromatic carbocycles. The first-order valence-electron chi connectivity index (χ1n) is 12.8. The van der Waals surface area contributed by atoms with Crippen LogP contribution in [0, 0.1) is 32.9 Å². The Morgan fingerprint density at radius 1 is 0.838 bits per heavy atom. The van der Waals surface area contributed by atoms with Gasteiger partial charge in [0, 0.05) is 0 Å². The van der Waals surface area contributed by atoms with Gasteiger partial charge >= 0.3 is 30.2 Å². The number of allylic oxidation sites excluding steroid dienone is 5. The van der Waals surface area contributed by atoms with Gasteiger partial charge in [-0.3, -0.25) is 6.08 Å². The Kier molecular flexibility index (Phi) is 12.1. The number of fused-ring (bicyclic) bond motifs is 2. The molecule has 0 heterocycles. The molecule has 2 aromatic rings. The van der Waals surface area contributed by atoms with Crippen molar-refractivity contribution in [3.63, 3.8) is 0 Å². The van der Waals surface area contributed by atoms with Crippen LogP contribution in [0.3, 0.4) is 0 Å². The molecular formula is C35H46SiZr-4. The van der Waals surface area contributed by atoms with Crippen LogP contribution < -0.4 is 0 Å². The molecule has 0 aliphatic heterocycles. The molecule has 2 atom stereocenters. The molecule has 0 fully saturated rings. The number of rotatable bonds is 1. The fraction of sp³-hybridized carbons (Fsp3) is 0.429. The van der Waals surface area contributed by atoms with Crippen LogP contribution in [0.4, 0.5) is 0 Å². The zero-order valence-corrected chi connectivity index (χ0v) is 28.6. The van der Waals surface area contributed by atoms with E-state index in [1.54, 1.807) is 5.56 Å². The van der Waals surface area contributed by atoms with Crippen LogP contribution in [-0.4, -0.2) is 6.88 Å². The summed E-state index contributed by atoms with van der Waals surface area (Å²) in [5, 5.41) is 0. The zero-order valence-electron chi connectivity index (χ0n) is 25.1. The van der Waals surface area contributed by atoms with E-state index in [-0.39, 0.29) is 25.7 Å². The molecule has 2 heteroatoms. The summed E-state index contributed by atoms with van der Waals surface area (Å²) in [6.45, 7) is 23.6. The van der Waals surface area contributed by atoms with Gasteiger partial charge in [0.1, 0.15) is 0 Å². The minimum absolute atomic E-state index is 0. The van der Waals surface area contributed by atoms with Gasteiger partial charge in [0.25, 0.3) is 0 Å². The van der Waals surface area contributed by atoms with Crippen molar-refractivity contribution >= 4 is 6.88 Å². The van der Waals surface area contributed by atoms with Crippen LogP contribution in [0.25, 0.3) is 0 Å². The molecule has 0 nitrogen and oxygen atoms in total. The molecule has 3 aliphatic carbocycles. The van der Waals surface area contributed by atoms with Crippen LogP contribution in [0.15, 0.2) is 64.8 Å². The second-order valence-electron chi connectivity index (χ2n) is 11.7. The Bertz CT molecular complexity index is 1180. The van der Waals surface area contributed by atoms with E-state index in [1.165, 1.54) is 80.7 Å². The predicted molar refractivity (Wildman–Crippen MR) is 160 cm³/mol. The van der Waals surface area contributed by atoms with Crippen molar-refractivity contribution in [1.29, 1.82) is 0 Å². The topological polar surface area (TPSA) is 0 Å².